The van der Waals surface area contributed by atoms with Gasteiger partial charge in [-0.1, -0.05) is 19.1 Å². The lowest BCUT2D eigenvalue weighted by atomic mass is 10.00. The quantitative estimate of drug-likeness (QED) is 0.466. The molecule has 0 saturated carbocycles. The number of pyridine rings is 1. The van der Waals surface area contributed by atoms with Crippen LogP contribution in [0, 0.1) is 5.82 Å². The van der Waals surface area contributed by atoms with Crippen molar-refractivity contribution < 1.29 is 13.5 Å². The number of nitrogens with zero attached hydrogens (tertiary/aromatic N) is 1. The summed E-state index contributed by atoms with van der Waals surface area (Å²) in [4.78, 5) is 4.02. The molecule has 5 nitrogen and oxygen atoms in total. The molecule has 2 aromatic carbocycles. The van der Waals surface area contributed by atoms with Crippen molar-refractivity contribution >= 4 is 11.0 Å². The molecule has 0 spiro atoms. The van der Waals surface area contributed by atoms with Gasteiger partial charge in [-0.2, -0.15) is 0 Å². The van der Waals surface area contributed by atoms with Crippen LogP contribution in [0.5, 0.6) is 5.75 Å². The van der Waals surface area contributed by atoms with Gasteiger partial charge >= 0.3 is 0 Å². The number of hydrogen-bond acceptors (Lipinski definition) is 5. The Hall–Kier alpha value is -3.22. The minimum absolute atomic E-state index is 0.0288. The van der Waals surface area contributed by atoms with Crippen LogP contribution >= 0.6 is 0 Å². The van der Waals surface area contributed by atoms with E-state index in [0.717, 1.165) is 34.2 Å². The normalized spacial score (nSPS) is 11.2. The molecule has 0 aliphatic carbocycles. The van der Waals surface area contributed by atoms with Gasteiger partial charge in [-0.05, 0) is 53.4 Å². The minimum Gasteiger partial charge on any atom is -0.489 e. The maximum atomic E-state index is 14.9. The van der Waals surface area contributed by atoms with E-state index in [9.17, 15) is 4.39 Å². The van der Waals surface area contributed by atoms with Crippen LogP contribution in [0.3, 0.4) is 0 Å². The summed E-state index contributed by atoms with van der Waals surface area (Å²) in [6, 6.07) is 13.4. The Morgan fingerprint density at radius 2 is 1.87 bits per heavy atom. The second kappa shape index (κ2) is 8.65. The predicted molar refractivity (Wildman–Crippen MR) is 115 cm³/mol. The third kappa shape index (κ3) is 3.79. The smallest absolute Gasteiger partial charge is 0.153 e. The highest BCUT2D eigenvalue weighted by molar-refractivity contribution is 5.93. The molecule has 2 aromatic heterocycles. The number of ether oxygens (including phenoxy) is 1. The molecule has 0 radical (unpaired) electrons. The van der Waals surface area contributed by atoms with Crippen molar-refractivity contribution in [3.63, 3.8) is 0 Å². The highest BCUT2D eigenvalue weighted by atomic mass is 19.1. The first-order valence-electron chi connectivity index (χ1n) is 9.93. The standard InChI is InChI=1S/C24H24FN3O2/c1-2-17-4-3-15(12-26)11-22(17)30-14-16-9-18-6-8-29-24(18)20(10-16)19-5-7-28-21(13-27)23(19)25/h3-11H,2,12-14,26-27H2,1H3. The van der Waals surface area contributed by atoms with Gasteiger partial charge in [0.05, 0.1) is 12.0 Å². The van der Waals surface area contributed by atoms with Crippen molar-refractivity contribution in [1.82, 2.24) is 4.98 Å². The van der Waals surface area contributed by atoms with Crippen LogP contribution in [0.4, 0.5) is 4.39 Å². The fourth-order valence-corrected chi connectivity index (χ4v) is 3.58. The summed E-state index contributed by atoms with van der Waals surface area (Å²) in [5, 5.41) is 0.878. The number of benzene rings is 2. The third-order valence-corrected chi connectivity index (χ3v) is 5.20. The number of furan rings is 1. The zero-order valence-electron chi connectivity index (χ0n) is 16.8. The Balaban J connectivity index is 1.72. The van der Waals surface area contributed by atoms with Crippen LogP contribution in [-0.2, 0) is 26.1 Å². The Kier molecular flexibility index (Phi) is 5.79. The number of hydrogen-bond donors (Lipinski definition) is 2. The van der Waals surface area contributed by atoms with Crippen molar-refractivity contribution in [1.29, 1.82) is 0 Å². The van der Waals surface area contributed by atoms with Gasteiger partial charge < -0.3 is 20.6 Å². The summed E-state index contributed by atoms with van der Waals surface area (Å²) >= 11 is 0. The molecule has 154 valence electrons. The monoisotopic (exact) mass is 405 g/mol. The Bertz CT molecular complexity index is 1190. The molecule has 0 fully saturated rings. The van der Waals surface area contributed by atoms with Crippen LogP contribution in [0.25, 0.3) is 22.1 Å². The van der Waals surface area contributed by atoms with Crippen molar-refractivity contribution in [3.05, 3.63) is 83.1 Å². The third-order valence-electron chi connectivity index (χ3n) is 5.20. The van der Waals surface area contributed by atoms with E-state index in [0.29, 0.717) is 29.9 Å². The summed E-state index contributed by atoms with van der Waals surface area (Å²) in [6.07, 6.45) is 4.02. The van der Waals surface area contributed by atoms with Gasteiger partial charge in [0, 0.05) is 35.8 Å². The maximum absolute atomic E-state index is 14.9. The summed E-state index contributed by atoms with van der Waals surface area (Å²) in [7, 11) is 0. The van der Waals surface area contributed by atoms with Crippen LogP contribution < -0.4 is 16.2 Å². The molecular formula is C24H24FN3O2. The summed E-state index contributed by atoms with van der Waals surface area (Å²) < 4.78 is 26.7. The molecule has 0 atom stereocenters. The van der Waals surface area contributed by atoms with E-state index in [1.807, 2.05) is 36.4 Å². The lowest BCUT2D eigenvalue weighted by molar-refractivity contribution is 0.303. The van der Waals surface area contributed by atoms with E-state index in [4.69, 9.17) is 20.6 Å². The molecule has 0 unspecified atom stereocenters. The maximum Gasteiger partial charge on any atom is 0.153 e. The first kappa shape index (κ1) is 20.1. The number of aryl methyl sites for hydroxylation is 1. The second-order valence-corrected chi connectivity index (χ2v) is 7.09. The van der Waals surface area contributed by atoms with Gasteiger partial charge in [-0.25, -0.2) is 4.39 Å². The first-order valence-corrected chi connectivity index (χ1v) is 9.93. The Morgan fingerprint density at radius 1 is 1.00 bits per heavy atom. The average Bonchev–Trinajstić information content (AvgIpc) is 3.26. The van der Waals surface area contributed by atoms with Gasteiger partial charge in [-0.3, -0.25) is 4.98 Å². The van der Waals surface area contributed by atoms with E-state index < -0.39 is 5.82 Å². The Morgan fingerprint density at radius 3 is 2.63 bits per heavy atom. The highest BCUT2D eigenvalue weighted by Gasteiger charge is 2.16. The van der Waals surface area contributed by atoms with Crippen molar-refractivity contribution in [2.24, 2.45) is 11.5 Å². The van der Waals surface area contributed by atoms with E-state index in [1.165, 1.54) is 0 Å². The molecule has 0 bridgehead atoms. The second-order valence-electron chi connectivity index (χ2n) is 7.09. The highest BCUT2D eigenvalue weighted by Crippen LogP contribution is 2.34. The molecule has 4 aromatic rings. The van der Waals surface area contributed by atoms with Gasteiger partial charge in [0.15, 0.2) is 5.82 Å². The fraction of sp³-hybridized carbons (Fsp3) is 0.208. The molecular weight excluding hydrogens is 381 g/mol. The minimum atomic E-state index is -0.431. The van der Waals surface area contributed by atoms with Crippen LogP contribution in [0.15, 0.2) is 59.3 Å². The van der Waals surface area contributed by atoms with Gasteiger partial charge in [0.25, 0.3) is 0 Å². The molecule has 4 rings (SSSR count). The van der Waals surface area contributed by atoms with Gasteiger partial charge in [0.1, 0.15) is 17.9 Å². The van der Waals surface area contributed by atoms with E-state index >= 15 is 0 Å². The van der Waals surface area contributed by atoms with E-state index in [1.54, 1.807) is 18.5 Å². The molecule has 0 aliphatic rings. The molecule has 30 heavy (non-hydrogen) atoms. The summed E-state index contributed by atoms with van der Waals surface area (Å²) in [6.45, 7) is 2.91. The lowest BCUT2D eigenvalue weighted by Gasteiger charge is -2.14. The zero-order valence-corrected chi connectivity index (χ0v) is 16.8. The fourth-order valence-electron chi connectivity index (χ4n) is 3.58. The topological polar surface area (TPSA) is 87.3 Å². The number of halogens is 1. The van der Waals surface area contributed by atoms with Crippen molar-refractivity contribution in [2.75, 3.05) is 0 Å². The average molecular weight is 405 g/mol. The Labute approximate surface area is 174 Å². The SMILES string of the molecule is CCc1ccc(CN)cc1OCc1cc(-c2ccnc(CN)c2F)c2occc2c1. The van der Waals surface area contributed by atoms with Crippen LogP contribution in [0.2, 0.25) is 0 Å². The lowest BCUT2D eigenvalue weighted by Crippen LogP contribution is -2.04. The van der Waals surface area contributed by atoms with E-state index in [2.05, 4.69) is 11.9 Å². The number of aromatic nitrogens is 1. The predicted octanol–water partition coefficient (Wildman–Crippen LogP) is 4.69. The first-order chi connectivity index (χ1) is 14.6. The van der Waals surface area contributed by atoms with Crippen molar-refractivity contribution in [3.8, 4) is 16.9 Å². The number of fused-ring (bicyclic) bond motifs is 1. The number of nitrogens with two attached hydrogens (primary N) is 2. The summed E-state index contributed by atoms with van der Waals surface area (Å²) in [5.74, 6) is 0.384. The van der Waals surface area contributed by atoms with Crippen LogP contribution in [0.1, 0.15) is 29.3 Å². The largest absolute Gasteiger partial charge is 0.489 e. The van der Waals surface area contributed by atoms with Gasteiger partial charge in [0.2, 0.25) is 0 Å². The molecule has 4 N–H and O–H groups in total. The van der Waals surface area contributed by atoms with Crippen molar-refractivity contribution in [2.45, 2.75) is 33.0 Å². The molecule has 0 amide bonds. The zero-order chi connectivity index (χ0) is 21.1. The summed E-state index contributed by atoms with van der Waals surface area (Å²) in [5.41, 5.74) is 16.3. The molecule has 0 aliphatic heterocycles. The molecule has 6 heteroatoms. The molecule has 0 saturated heterocycles. The number of rotatable bonds is 7. The van der Waals surface area contributed by atoms with Gasteiger partial charge in [-0.15, -0.1) is 0 Å². The van der Waals surface area contributed by atoms with Crippen LogP contribution in [-0.4, -0.2) is 4.98 Å². The van der Waals surface area contributed by atoms with E-state index in [-0.39, 0.29) is 12.2 Å². The molecule has 2 heterocycles.